The molecule has 0 unspecified atom stereocenters. The zero-order valence-corrected chi connectivity index (χ0v) is 16.6. The highest BCUT2D eigenvalue weighted by atomic mass is 79.9. The van der Waals surface area contributed by atoms with Crippen LogP contribution < -0.4 is 5.56 Å². The molecule has 130 valence electrons. The van der Waals surface area contributed by atoms with Gasteiger partial charge in [-0.3, -0.25) is 9.36 Å². The molecular weight excluding hydrogens is 398 g/mol. The van der Waals surface area contributed by atoms with E-state index in [4.69, 9.17) is 5.26 Å². The molecule has 6 heteroatoms. The van der Waals surface area contributed by atoms with Crippen molar-refractivity contribution in [2.75, 3.05) is 0 Å². The number of allylic oxidation sites excluding steroid dienone is 2. The summed E-state index contributed by atoms with van der Waals surface area (Å²) in [5, 5.41) is 10.1. The molecule has 0 aliphatic heterocycles. The van der Waals surface area contributed by atoms with Gasteiger partial charge in [-0.15, -0.1) is 0 Å². The highest BCUT2D eigenvalue weighted by molar-refractivity contribution is 9.10. The smallest absolute Gasteiger partial charge is 0.262 e. The van der Waals surface area contributed by atoms with Gasteiger partial charge in [0.15, 0.2) is 5.16 Å². The first-order valence-corrected chi connectivity index (χ1v) is 10.2. The Bertz CT molecular complexity index is 913. The lowest BCUT2D eigenvalue weighted by atomic mass is 9.97. The van der Waals surface area contributed by atoms with E-state index in [0.717, 1.165) is 23.7 Å². The highest BCUT2D eigenvalue weighted by Crippen LogP contribution is 2.25. The minimum atomic E-state index is -0.250. The number of aromatic nitrogens is 2. The van der Waals surface area contributed by atoms with E-state index in [1.807, 2.05) is 25.1 Å². The maximum atomic E-state index is 13.0. The number of rotatable bonds is 5. The second-order valence-corrected chi connectivity index (χ2v) is 8.48. The Morgan fingerprint density at radius 1 is 1.44 bits per heavy atom. The maximum absolute atomic E-state index is 13.0. The van der Waals surface area contributed by atoms with Crippen LogP contribution in [0.1, 0.15) is 39.0 Å². The van der Waals surface area contributed by atoms with Crippen LogP contribution in [0.3, 0.4) is 0 Å². The Kier molecular flexibility index (Phi) is 5.98. The third-order valence-electron chi connectivity index (χ3n) is 4.39. The van der Waals surface area contributed by atoms with Crippen molar-refractivity contribution in [1.29, 1.82) is 5.26 Å². The van der Waals surface area contributed by atoms with E-state index in [2.05, 4.69) is 33.1 Å². The number of benzene rings is 1. The van der Waals surface area contributed by atoms with Crippen molar-refractivity contribution in [1.82, 2.24) is 9.55 Å². The second-order valence-electron chi connectivity index (χ2n) is 6.26. The molecule has 1 aliphatic carbocycles. The number of fused-ring (bicyclic) bond motifs is 1. The molecule has 0 N–H and O–H groups in total. The lowest BCUT2D eigenvalue weighted by Gasteiger charge is -2.16. The van der Waals surface area contributed by atoms with E-state index in [0.29, 0.717) is 22.6 Å². The first-order chi connectivity index (χ1) is 12.1. The van der Waals surface area contributed by atoms with Gasteiger partial charge in [0.05, 0.1) is 22.2 Å². The normalized spacial score (nSPS) is 15.6. The van der Waals surface area contributed by atoms with Crippen molar-refractivity contribution in [3.8, 4) is 6.07 Å². The van der Waals surface area contributed by atoms with Crippen LogP contribution in [-0.4, -0.2) is 14.8 Å². The Morgan fingerprint density at radius 2 is 2.28 bits per heavy atom. The Balaban J connectivity index is 2.01. The molecule has 1 heterocycles. The maximum Gasteiger partial charge on any atom is 0.262 e. The van der Waals surface area contributed by atoms with Gasteiger partial charge < -0.3 is 0 Å². The number of thioether (sulfide) groups is 1. The highest BCUT2D eigenvalue weighted by Gasteiger charge is 2.15. The third-order valence-corrected chi connectivity index (χ3v) is 5.86. The molecule has 25 heavy (non-hydrogen) atoms. The molecule has 1 aromatic heterocycles. The van der Waals surface area contributed by atoms with Gasteiger partial charge in [0.1, 0.15) is 0 Å². The molecule has 4 nitrogen and oxygen atoms in total. The number of hydrogen-bond acceptors (Lipinski definition) is 4. The zero-order valence-electron chi connectivity index (χ0n) is 14.2. The molecule has 1 aliphatic rings. The molecule has 0 bridgehead atoms. The molecule has 2 aromatic rings. The number of hydrogen-bond donors (Lipinski definition) is 0. The summed E-state index contributed by atoms with van der Waals surface area (Å²) in [6.45, 7) is 2.44. The van der Waals surface area contributed by atoms with Gasteiger partial charge in [0, 0.05) is 11.0 Å². The van der Waals surface area contributed by atoms with Crippen molar-refractivity contribution < 1.29 is 0 Å². The van der Waals surface area contributed by atoms with Crippen LogP contribution in [-0.2, 0) is 6.54 Å². The SMILES string of the molecule is C[C@H](C#N)Sc1nc2ccc(Br)cc2c(=O)n1CCC1=CCCCC1. The molecule has 0 spiro atoms. The number of nitrogens with zero attached hydrogens (tertiary/aromatic N) is 3. The Morgan fingerprint density at radius 3 is 3.00 bits per heavy atom. The molecule has 3 rings (SSSR count). The van der Waals surface area contributed by atoms with E-state index in [1.165, 1.54) is 30.2 Å². The zero-order chi connectivity index (χ0) is 17.8. The number of halogens is 1. The van der Waals surface area contributed by atoms with E-state index in [-0.39, 0.29) is 10.8 Å². The topological polar surface area (TPSA) is 58.7 Å². The average Bonchev–Trinajstić information content (AvgIpc) is 2.63. The van der Waals surface area contributed by atoms with Gasteiger partial charge >= 0.3 is 0 Å². The summed E-state index contributed by atoms with van der Waals surface area (Å²) in [4.78, 5) is 17.7. The van der Waals surface area contributed by atoms with Crippen LogP contribution >= 0.6 is 27.7 Å². The molecule has 1 aromatic carbocycles. The number of nitriles is 1. The first kappa shape index (κ1) is 18.2. The van der Waals surface area contributed by atoms with E-state index in [1.54, 1.807) is 4.57 Å². The van der Waals surface area contributed by atoms with Gasteiger partial charge in [0.25, 0.3) is 5.56 Å². The summed E-state index contributed by atoms with van der Waals surface area (Å²) in [6, 6.07) is 7.76. The predicted molar refractivity (Wildman–Crippen MR) is 106 cm³/mol. The van der Waals surface area contributed by atoms with Gasteiger partial charge in [0.2, 0.25) is 0 Å². The molecule has 0 radical (unpaired) electrons. The fourth-order valence-electron chi connectivity index (χ4n) is 3.03. The van der Waals surface area contributed by atoms with Crippen LogP contribution in [0.5, 0.6) is 0 Å². The second kappa shape index (κ2) is 8.20. The average molecular weight is 418 g/mol. The molecule has 0 saturated heterocycles. The monoisotopic (exact) mass is 417 g/mol. The largest absolute Gasteiger partial charge is 0.287 e. The van der Waals surface area contributed by atoms with Crippen molar-refractivity contribution in [2.45, 2.75) is 56.0 Å². The van der Waals surface area contributed by atoms with Crippen LogP contribution in [0.4, 0.5) is 0 Å². The quantitative estimate of drug-likeness (QED) is 0.387. The third kappa shape index (κ3) is 4.34. The van der Waals surface area contributed by atoms with Gasteiger partial charge in [-0.1, -0.05) is 39.3 Å². The van der Waals surface area contributed by atoms with Crippen molar-refractivity contribution in [3.05, 3.63) is 44.7 Å². The van der Waals surface area contributed by atoms with Gasteiger partial charge in [-0.2, -0.15) is 5.26 Å². The lowest BCUT2D eigenvalue weighted by Crippen LogP contribution is -2.24. The van der Waals surface area contributed by atoms with Crippen LogP contribution in [0.25, 0.3) is 10.9 Å². The van der Waals surface area contributed by atoms with E-state index >= 15 is 0 Å². The fourth-order valence-corrected chi connectivity index (χ4v) is 4.21. The fraction of sp³-hybridized carbons (Fsp3) is 0.421. The van der Waals surface area contributed by atoms with Crippen LogP contribution in [0, 0.1) is 11.3 Å². The first-order valence-electron chi connectivity index (χ1n) is 8.53. The molecule has 0 amide bonds. The summed E-state index contributed by atoms with van der Waals surface area (Å²) < 4.78 is 2.61. The van der Waals surface area contributed by atoms with Crippen LogP contribution in [0.15, 0.2) is 44.3 Å². The van der Waals surface area contributed by atoms with Gasteiger partial charge in [-0.05, 0) is 57.2 Å². The van der Waals surface area contributed by atoms with Crippen molar-refractivity contribution in [3.63, 3.8) is 0 Å². The Hall–Kier alpha value is -1.58. The molecule has 1 atom stereocenters. The summed E-state index contributed by atoms with van der Waals surface area (Å²) >= 11 is 4.78. The minimum Gasteiger partial charge on any atom is -0.287 e. The predicted octanol–water partition coefficient (Wildman–Crippen LogP) is 5.05. The van der Waals surface area contributed by atoms with E-state index < -0.39 is 0 Å². The molecule has 0 saturated carbocycles. The lowest BCUT2D eigenvalue weighted by molar-refractivity contribution is 0.569. The summed E-state index contributed by atoms with van der Waals surface area (Å²) in [5.41, 5.74) is 2.07. The van der Waals surface area contributed by atoms with Crippen molar-refractivity contribution in [2.24, 2.45) is 0 Å². The molecular formula is C19H20BrN3OS. The van der Waals surface area contributed by atoms with Gasteiger partial charge in [-0.25, -0.2) is 4.98 Å². The summed E-state index contributed by atoms with van der Waals surface area (Å²) in [5.74, 6) is 0. The van der Waals surface area contributed by atoms with E-state index in [9.17, 15) is 4.79 Å². The van der Waals surface area contributed by atoms with Crippen LogP contribution in [0.2, 0.25) is 0 Å². The van der Waals surface area contributed by atoms with Crippen molar-refractivity contribution >= 4 is 38.6 Å². The Labute approximate surface area is 160 Å². The standard InChI is InChI=1S/C19H20BrN3OS/c1-13(12-21)25-19-22-17-8-7-15(20)11-16(17)18(24)23(19)10-9-14-5-3-2-4-6-14/h5,7-8,11,13H,2-4,6,9-10H2,1H3/t13-/m1/s1. The molecule has 0 fully saturated rings. The summed E-state index contributed by atoms with van der Waals surface area (Å²) in [7, 11) is 0. The summed E-state index contributed by atoms with van der Waals surface area (Å²) in [6.07, 6.45) is 7.94. The minimum absolute atomic E-state index is 0.0321.